The van der Waals surface area contributed by atoms with E-state index in [1.165, 1.54) is 16.9 Å². The highest BCUT2D eigenvalue weighted by atomic mass is 79.9. The number of nitrogens with zero attached hydrogens (tertiary/aromatic N) is 2. The van der Waals surface area contributed by atoms with Crippen LogP contribution >= 0.6 is 15.9 Å². The van der Waals surface area contributed by atoms with Gasteiger partial charge in [0.1, 0.15) is 0 Å². The number of alkyl halides is 3. The van der Waals surface area contributed by atoms with Gasteiger partial charge in [0, 0.05) is 17.7 Å². The van der Waals surface area contributed by atoms with Crippen molar-refractivity contribution < 1.29 is 18.0 Å². The standard InChI is InChI=1S/C12H10BrF3N4O/c1-20-5-8(17)10(19-20)11(21)18-9-4-6(12(14,15)16)2-3-7(9)13/h2-5H,17H2,1H3,(H,18,21). The average Bonchev–Trinajstić information content (AvgIpc) is 2.70. The van der Waals surface area contributed by atoms with Crippen molar-refractivity contribution in [3.63, 3.8) is 0 Å². The summed E-state index contributed by atoms with van der Waals surface area (Å²) >= 11 is 3.08. The molecule has 0 unspecified atom stereocenters. The number of benzene rings is 1. The summed E-state index contributed by atoms with van der Waals surface area (Å²) in [5.74, 6) is -0.687. The third kappa shape index (κ3) is 3.35. The Morgan fingerprint density at radius 2 is 2.10 bits per heavy atom. The Morgan fingerprint density at radius 1 is 1.43 bits per heavy atom. The topological polar surface area (TPSA) is 72.9 Å². The highest BCUT2D eigenvalue weighted by molar-refractivity contribution is 9.10. The summed E-state index contributed by atoms with van der Waals surface area (Å²) in [6.07, 6.45) is -3.07. The number of nitrogens with two attached hydrogens (primary N) is 1. The molecule has 0 radical (unpaired) electrons. The van der Waals surface area contributed by atoms with E-state index in [0.717, 1.165) is 12.1 Å². The minimum Gasteiger partial charge on any atom is -0.396 e. The van der Waals surface area contributed by atoms with Gasteiger partial charge in [-0.15, -0.1) is 0 Å². The van der Waals surface area contributed by atoms with Crippen LogP contribution in [0.5, 0.6) is 0 Å². The second-order valence-corrected chi connectivity index (χ2v) is 5.11. The van der Waals surface area contributed by atoms with Gasteiger partial charge in [0.2, 0.25) is 0 Å². The maximum absolute atomic E-state index is 12.7. The van der Waals surface area contributed by atoms with E-state index in [1.54, 1.807) is 7.05 Å². The molecule has 0 spiro atoms. The number of rotatable bonds is 2. The van der Waals surface area contributed by atoms with E-state index >= 15 is 0 Å². The van der Waals surface area contributed by atoms with Crippen LogP contribution in [0.2, 0.25) is 0 Å². The van der Waals surface area contributed by atoms with Gasteiger partial charge < -0.3 is 11.1 Å². The molecule has 0 fully saturated rings. The Morgan fingerprint density at radius 3 is 2.62 bits per heavy atom. The fourth-order valence-electron chi connectivity index (χ4n) is 1.66. The lowest BCUT2D eigenvalue weighted by Crippen LogP contribution is -2.16. The first-order chi connectivity index (χ1) is 9.68. The van der Waals surface area contributed by atoms with E-state index in [-0.39, 0.29) is 17.1 Å². The lowest BCUT2D eigenvalue weighted by atomic mass is 10.2. The molecule has 112 valence electrons. The first kappa shape index (κ1) is 15.4. The van der Waals surface area contributed by atoms with Gasteiger partial charge in [0.15, 0.2) is 5.69 Å². The molecule has 0 saturated heterocycles. The van der Waals surface area contributed by atoms with Gasteiger partial charge in [-0.3, -0.25) is 9.48 Å². The Hall–Kier alpha value is -2.03. The summed E-state index contributed by atoms with van der Waals surface area (Å²) in [5.41, 5.74) is 4.80. The van der Waals surface area contributed by atoms with E-state index in [9.17, 15) is 18.0 Å². The molecule has 21 heavy (non-hydrogen) atoms. The predicted octanol–water partition coefficient (Wildman–Crippen LogP) is 3.04. The van der Waals surface area contributed by atoms with Gasteiger partial charge in [-0.1, -0.05) is 0 Å². The van der Waals surface area contributed by atoms with Crippen LogP contribution in [0.3, 0.4) is 0 Å². The van der Waals surface area contributed by atoms with Crippen LogP contribution in [0.25, 0.3) is 0 Å². The minimum atomic E-state index is -4.50. The molecule has 9 heteroatoms. The number of halogens is 4. The number of nitrogens with one attached hydrogen (secondary N) is 1. The maximum atomic E-state index is 12.7. The number of anilines is 2. The van der Waals surface area contributed by atoms with Crippen molar-refractivity contribution >= 4 is 33.2 Å². The molecule has 0 saturated carbocycles. The molecular weight excluding hydrogens is 353 g/mol. The molecule has 1 heterocycles. The lowest BCUT2D eigenvalue weighted by Gasteiger charge is -2.11. The van der Waals surface area contributed by atoms with E-state index in [0.29, 0.717) is 4.47 Å². The summed E-state index contributed by atoms with van der Waals surface area (Å²) in [6.45, 7) is 0. The van der Waals surface area contributed by atoms with Crippen LogP contribution in [-0.2, 0) is 13.2 Å². The van der Waals surface area contributed by atoms with E-state index < -0.39 is 17.6 Å². The molecule has 2 aromatic rings. The summed E-state index contributed by atoms with van der Waals surface area (Å²) in [6, 6.07) is 2.95. The summed E-state index contributed by atoms with van der Waals surface area (Å²) < 4.78 is 39.6. The molecule has 0 atom stereocenters. The van der Waals surface area contributed by atoms with Gasteiger partial charge in [-0.05, 0) is 34.1 Å². The first-order valence-corrected chi connectivity index (χ1v) is 6.45. The van der Waals surface area contributed by atoms with Crippen molar-refractivity contribution in [2.45, 2.75) is 6.18 Å². The van der Waals surface area contributed by atoms with Crippen LogP contribution in [-0.4, -0.2) is 15.7 Å². The van der Waals surface area contributed by atoms with Gasteiger partial charge in [0.25, 0.3) is 5.91 Å². The minimum absolute atomic E-state index is 0.0140. The van der Waals surface area contributed by atoms with Crippen molar-refractivity contribution in [1.29, 1.82) is 0 Å². The summed E-state index contributed by atoms with van der Waals surface area (Å²) in [7, 11) is 1.58. The number of hydrogen-bond donors (Lipinski definition) is 2. The quantitative estimate of drug-likeness (QED) is 0.862. The summed E-state index contributed by atoms with van der Waals surface area (Å²) in [4.78, 5) is 12.0. The van der Waals surface area contributed by atoms with Gasteiger partial charge in [-0.2, -0.15) is 18.3 Å². The lowest BCUT2D eigenvalue weighted by molar-refractivity contribution is -0.137. The zero-order valence-electron chi connectivity index (χ0n) is 10.7. The van der Waals surface area contributed by atoms with E-state index in [1.807, 2.05) is 0 Å². The van der Waals surface area contributed by atoms with Gasteiger partial charge in [-0.25, -0.2) is 0 Å². The molecule has 1 amide bonds. The summed E-state index contributed by atoms with van der Waals surface area (Å²) in [5, 5.41) is 6.20. The Balaban J connectivity index is 2.31. The molecule has 3 N–H and O–H groups in total. The van der Waals surface area contributed by atoms with E-state index in [2.05, 4.69) is 26.3 Å². The molecule has 1 aromatic carbocycles. The number of aromatic nitrogens is 2. The van der Waals surface area contributed by atoms with Crippen molar-refractivity contribution in [3.05, 3.63) is 40.1 Å². The second kappa shape index (κ2) is 5.40. The highest BCUT2D eigenvalue weighted by Gasteiger charge is 2.31. The largest absolute Gasteiger partial charge is 0.416 e. The van der Waals surface area contributed by atoms with Crippen molar-refractivity contribution in [1.82, 2.24) is 9.78 Å². The van der Waals surface area contributed by atoms with Crippen molar-refractivity contribution in [2.75, 3.05) is 11.1 Å². The zero-order chi connectivity index (χ0) is 15.8. The number of carbonyl (C=O) groups excluding carboxylic acids is 1. The highest BCUT2D eigenvalue weighted by Crippen LogP contribution is 2.34. The molecule has 0 aliphatic carbocycles. The predicted molar refractivity (Wildman–Crippen MR) is 74.7 cm³/mol. The third-order valence-corrected chi connectivity index (χ3v) is 3.31. The van der Waals surface area contributed by atoms with Crippen LogP contribution in [0.15, 0.2) is 28.9 Å². The van der Waals surface area contributed by atoms with Gasteiger partial charge in [0.05, 0.1) is 16.9 Å². The van der Waals surface area contributed by atoms with Gasteiger partial charge >= 0.3 is 6.18 Å². The number of aryl methyl sites for hydroxylation is 1. The first-order valence-electron chi connectivity index (χ1n) is 5.65. The fraction of sp³-hybridized carbons (Fsp3) is 0.167. The molecule has 0 bridgehead atoms. The van der Waals surface area contributed by atoms with Crippen molar-refractivity contribution in [2.24, 2.45) is 7.05 Å². The normalized spacial score (nSPS) is 11.5. The Kier molecular flexibility index (Phi) is 3.95. The van der Waals surface area contributed by atoms with Crippen LogP contribution in [0.1, 0.15) is 16.1 Å². The zero-order valence-corrected chi connectivity index (χ0v) is 12.3. The Labute approximate surface area is 126 Å². The maximum Gasteiger partial charge on any atom is 0.416 e. The molecule has 5 nitrogen and oxygen atoms in total. The molecule has 0 aliphatic rings. The Bertz CT molecular complexity index is 696. The fourth-order valence-corrected chi connectivity index (χ4v) is 2.01. The SMILES string of the molecule is Cn1cc(N)c(C(=O)Nc2cc(C(F)(F)F)ccc2Br)n1. The van der Waals surface area contributed by atoms with E-state index in [4.69, 9.17) is 5.73 Å². The second-order valence-electron chi connectivity index (χ2n) is 4.25. The smallest absolute Gasteiger partial charge is 0.396 e. The average molecular weight is 363 g/mol. The molecule has 0 aliphatic heterocycles. The van der Waals surface area contributed by atoms with Crippen molar-refractivity contribution in [3.8, 4) is 0 Å². The molecule has 2 rings (SSSR count). The number of nitrogen functional groups attached to an aromatic ring is 1. The monoisotopic (exact) mass is 362 g/mol. The van der Waals surface area contributed by atoms with Crippen LogP contribution in [0, 0.1) is 0 Å². The number of amides is 1. The molecule has 1 aromatic heterocycles. The third-order valence-electron chi connectivity index (χ3n) is 2.61. The molecular formula is C12H10BrF3N4O. The van der Waals surface area contributed by atoms with Crippen LogP contribution < -0.4 is 11.1 Å². The number of carbonyl (C=O) groups is 1. The van der Waals surface area contributed by atoms with Crippen LogP contribution in [0.4, 0.5) is 24.5 Å². The number of hydrogen-bond acceptors (Lipinski definition) is 3.